The third-order valence-corrected chi connectivity index (χ3v) is 6.61. The van der Waals surface area contributed by atoms with E-state index >= 15 is 0 Å². The Balaban J connectivity index is 1.85. The molecule has 1 N–H and O–H groups in total. The summed E-state index contributed by atoms with van der Waals surface area (Å²) in [7, 11) is -3.42. The van der Waals surface area contributed by atoms with Crippen LogP contribution < -0.4 is 5.32 Å². The topological polar surface area (TPSA) is 124 Å². The molecule has 0 aliphatic rings. The quantitative estimate of drug-likeness (QED) is 0.473. The number of hydrogen-bond donors (Lipinski definition) is 1. The summed E-state index contributed by atoms with van der Waals surface area (Å²) in [6.45, 7) is 4.94. The van der Waals surface area contributed by atoms with Gasteiger partial charge in [-0.1, -0.05) is 0 Å². The summed E-state index contributed by atoms with van der Waals surface area (Å²) in [4.78, 5) is 23.1. The molecular formula is C20H20N4O5S. The Morgan fingerprint density at radius 1 is 1.10 bits per heavy atom. The van der Waals surface area contributed by atoms with Crippen LogP contribution in [-0.2, 0) is 9.84 Å². The van der Waals surface area contributed by atoms with E-state index in [0.717, 1.165) is 0 Å². The van der Waals surface area contributed by atoms with Crippen LogP contribution in [0.2, 0.25) is 0 Å². The highest BCUT2D eigenvalue weighted by molar-refractivity contribution is 7.92. The normalized spacial score (nSPS) is 11.5. The molecule has 0 fully saturated rings. The molecule has 1 heterocycles. The number of aryl methyl sites for hydroxylation is 1. The second-order valence-corrected chi connectivity index (χ2v) is 9.43. The van der Waals surface area contributed by atoms with Crippen LogP contribution in [0.5, 0.6) is 0 Å². The predicted octanol–water partition coefficient (Wildman–Crippen LogP) is 3.52. The fraction of sp³-hybridized carbons (Fsp3) is 0.200. The zero-order chi connectivity index (χ0) is 22.1. The number of carbonyl (C=O) groups is 1. The second kappa shape index (κ2) is 8.07. The third-order valence-electron chi connectivity index (χ3n) is 4.44. The molecule has 1 aromatic heterocycles. The van der Waals surface area contributed by atoms with Gasteiger partial charge in [-0.2, -0.15) is 5.10 Å². The molecule has 3 aromatic rings. The van der Waals surface area contributed by atoms with Gasteiger partial charge < -0.3 is 5.32 Å². The molecule has 0 atom stereocenters. The summed E-state index contributed by atoms with van der Waals surface area (Å²) >= 11 is 0. The molecule has 0 radical (unpaired) electrons. The van der Waals surface area contributed by atoms with Gasteiger partial charge in [-0.3, -0.25) is 14.9 Å². The number of nitrogens with zero attached hydrogens (tertiary/aromatic N) is 3. The summed E-state index contributed by atoms with van der Waals surface area (Å²) < 4.78 is 25.9. The van der Waals surface area contributed by atoms with Crippen molar-refractivity contribution in [3.8, 4) is 5.69 Å². The molecule has 156 valence electrons. The van der Waals surface area contributed by atoms with E-state index in [1.807, 2.05) is 0 Å². The maximum Gasteiger partial charge on any atom is 0.269 e. The van der Waals surface area contributed by atoms with Gasteiger partial charge in [-0.25, -0.2) is 13.1 Å². The number of hydrogen-bond acceptors (Lipinski definition) is 6. The molecule has 1 amide bonds. The Morgan fingerprint density at radius 3 is 2.23 bits per heavy atom. The minimum atomic E-state index is -3.42. The Morgan fingerprint density at radius 2 is 1.70 bits per heavy atom. The number of aromatic nitrogens is 2. The first-order chi connectivity index (χ1) is 14.1. The number of nitro groups is 1. The molecule has 0 saturated carbocycles. The van der Waals surface area contributed by atoms with Gasteiger partial charge in [0.25, 0.3) is 11.6 Å². The molecule has 30 heavy (non-hydrogen) atoms. The standard InChI is InChI=1S/C20H20N4O5S/c1-13(2)30(28,29)18-10-4-15(5-11-18)20(25)21-19-12-14(3)22-23(19)16-6-8-17(9-7-16)24(26)27/h4-13H,1-3H3,(H,21,25). The molecule has 0 bridgehead atoms. The Labute approximate surface area is 173 Å². The molecule has 0 aliphatic heterocycles. The molecular weight excluding hydrogens is 408 g/mol. The molecule has 0 spiro atoms. The van der Waals surface area contributed by atoms with Crippen molar-refractivity contribution >= 4 is 27.2 Å². The van der Waals surface area contributed by atoms with Crippen molar-refractivity contribution in [1.82, 2.24) is 9.78 Å². The van der Waals surface area contributed by atoms with Gasteiger partial charge in [0.15, 0.2) is 9.84 Å². The van der Waals surface area contributed by atoms with E-state index in [2.05, 4.69) is 10.4 Å². The first-order valence-electron chi connectivity index (χ1n) is 9.06. The summed E-state index contributed by atoms with van der Waals surface area (Å²) in [6, 6.07) is 13.1. The van der Waals surface area contributed by atoms with Gasteiger partial charge in [-0.15, -0.1) is 0 Å². The number of rotatable bonds is 6. The van der Waals surface area contributed by atoms with Crippen LogP contribution in [0.3, 0.4) is 0 Å². The van der Waals surface area contributed by atoms with Crippen LogP contribution in [0.15, 0.2) is 59.5 Å². The highest BCUT2D eigenvalue weighted by Crippen LogP contribution is 2.21. The Kier molecular flexibility index (Phi) is 5.70. The van der Waals surface area contributed by atoms with Gasteiger partial charge in [0.1, 0.15) is 5.82 Å². The maximum absolute atomic E-state index is 12.7. The van der Waals surface area contributed by atoms with Crippen molar-refractivity contribution in [2.24, 2.45) is 0 Å². The molecule has 10 heteroatoms. The van der Waals surface area contributed by atoms with Crippen molar-refractivity contribution in [3.63, 3.8) is 0 Å². The fourth-order valence-corrected chi connectivity index (χ4v) is 3.82. The van der Waals surface area contributed by atoms with E-state index in [4.69, 9.17) is 0 Å². The number of non-ortho nitro benzene ring substituents is 1. The summed E-state index contributed by atoms with van der Waals surface area (Å²) in [6.07, 6.45) is 0. The lowest BCUT2D eigenvalue weighted by Crippen LogP contribution is -2.16. The lowest BCUT2D eigenvalue weighted by atomic mass is 10.2. The first kappa shape index (κ1) is 21.2. The van der Waals surface area contributed by atoms with Gasteiger partial charge in [0, 0.05) is 23.8 Å². The minimum absolute atomic E-state index is 0.0512. The number of nitrogens with one attached hydrogen (secondary N) is 1. The second-order valence-electron chi connectivity index (χ2n) is 6.93. The van der Waals surface area contributed by atoms with E-state index in [1.165, 1.54) is 53.2 Å². The van der Waals surface area contributed by atoms with E-state index < -0.39 is 25.9 Å². The van der Waals surface area contributed by atoms with Crippen LogP contribution in [-0.4, -0.2) is 34.3 Å². The fourth-order valence-electron chi connectivity index (χ4n) is 2.76. The number of amides is 1. The molecule has 0 unspecified atom stereocenters. The Hall–Kier alpha value is -3.53. The van der Waals surface area contributed by atoms with Gasteiger partial charge in [0.05, 0.1) is 26.5 Å². The Bertz CT molecular complexity index is 1200. The molecule has 3 rings (SSSR count). The number of anilines is 1. The molecule has 9 nitrogen and oxygen atoms in total. The summed E-state index contributed by atoms with van der Waals surface area (Å²) in [5.41, 5.74) is 1.42. The number of carbonyl (C=O) groups excluding carboxylic acids is 1. The summed E-state index contributed by atoms with van der Waals surface area (Å²) in [5, 5.41) is 17.3. The van der Waals surface area contributed by atoms with Gasteiger partial charge >= 0.3 is 0 Å². The predicted molar refractivity (Wildman–Crippen MR) is 112 cm³/mol. The van der Waals surface area contributed by atoms with Gasteiger partial charge in [0.2, 0.25) is 0 Å². The number of sulfone groups is 1. The van der Waals surface area contributed by atoms with Crippen LogP contribution in [0, 0.1) is 17.0 Å². The van der Waals surface area contributed by atoms with Crippen LogP contribution >= 0.6 is 0 Å². The number of benzene rings is 2. The zero-order valence-electron chi connectivity index (χ0n) is 16.6. The third kappa shape index (κ3) is 4.23. The van der Waals surface area contributed by atoms with Crippen LogP contribution in [0.1, 0.15) is 29.9 Å². The van der Waals surface area contributed by atoms with Crippen molar-refractivity contribution in [2.45, 2.75) is 30.9 Å². The van der Waals surface area contributed by atoms with Crippen molar-refractivity contribution in [1.29, 1.82) is 0 Å². The maximum atomic E-state index is 12.7. The first-order valence-corrected chi connectivity index (χ1v) is 10.6. The lowest BCUT2D eigenvalue weighted by molar-refractivity contribution is -0.384. The molecule has 2 aromatic carbocycles. The van der Waals surface area contributed by atoms with Crippen LogP contribution in [0.4, 0.5) is 11.5 Å². The molecule has 0 saturated heterocycles. The van der Waals surface area contributed by atoms with Gasteiger partial charge in [-0.05, 0) is 57.2 Å². The zero-order valence-corrected chi connectivity index (χ0v) is 17.4. The highest BCUT2D eigenvalue weighted by Gasteiger charge is 2.20. The van der Waals surface area contributed by atoms with E-state index in [0.29, 0.717) is 17.2 Å². The minimum Gasteiger partial charge on any atom is -0.306 e. The molecule has 0 aliphatic carbocycles. The van der Waals surface area contributed by atoms with Crippen LogP contribution in [0.25, 0.3) is 5.69 Å². The smallest absolute Gasteiger partial charge is 0.269 e. The van der Waals surface area contributed by atoms with E-state index in [9.17, 15) is 23.3 Å². The van der Waals surface area contributed by atoms with Crippen molar-refractivity contribution in [2.75, 3.05) is 5.32 Å². The highest BCUT2D eigenvalue weighted by atomic mass is 32.2. The monoisotopic (exact) mass is 428 g/mol. The average molecular weight is 428 g/mol. The van der Waals surface area contributed by atoms with E-state index in [-0.39, 0.29) is 16.1 Å². The number of nitro benzene ring substituents is 1. The SMILES string of the molecule is Cc1cc(NC(=O)c2ccc(S(=O)(=O)C(C)C)cc2)n(-c2ccc([N+](=O)[O-])cc2)n1. The van der Waals surface area contributed by atoms with E-state index in [1.54, 1.807) is 26.8 Å². The van der Waals surface area contributed by atoms with Crippen molar-refractivity contribution < 1.29 is 18.1 Å². The van der Waals surface area contributed by atoms with Crippen molar-refractivity contribution in [3.05, 3.63) is 76.0 Å². The average Bonchev–Trinajstić information content (AvgIpc) is 3.08. The lowest BCUT2D eigenvalue weighted by Gasteiger charge is -2.10. The largest absolute Gasteiger partial charge is 0.306 e. The summed E-state index contributed by atoms with van der Waals surface area (Å²) in [5.74, 6) is -0.0585.